The Hall–Kier alpha value is -1.46. The fourth-order valence-corrected chi connectivity index (χ4v) is 3.98. The molecule has 1 aliphatic rings. The van der Waals surface area contributed by atoms with E-state index in [1.807, 2.05) is 24.5 Å². The van der Waals surface area contributed by atoms with Gasteiger partial charge in [0.1, 0.15) is 0 Å². The number of carbonyl (C=O) groups is 1. The van der Waals surface area contributed by atoms with Gasteiger partial charge in [-0.3, -0.25) is 4.79 Å². The van der Waals surface area contributed by atoms with Gasteiger partial charge in [-0.2, -0.15) is 11.8 Å². The molecule has 0 radical (unpaired) electrons. The summed E-state index contributed by atoms with van der Waals surface area (Å²) in [5.74, 6) is 0.830. The minimum absolute atomic E-state index is 0.0197. The maximum atomic E-state index is 12.5. The van der Waals surface area contributed by atoms with E-state index in [1.54, 1.807) is 11.8 Å². The van der Waals surface area contributed by atoms with Crippen molar-refractivity contribution in [1.29, 1.82) is 0 Å². The van der Waals surface area contributed by atoms with Gasteiger partial charge in [-0.1, -0.05) is 6.42 Å². The van der Waals surface area contributed by atoms with Gasteiger partial charge >= 0.3 is 0 Å². The second-order valence-electron chi connectivity index (χ2n) is 6.54. The predicted molar refractivity (Wildman–Crippen MR) is 101 cm³/mol. The van der Waals surface area contributed by atoms with Gasteiger partial charge in [0.15, 0.2) is 0 Å². The number of benzene rings is 1. The number of aryl methyl sites for hydroxylation is 2. The van der Waals surface area contributed by atoms with Gasteiger partial charge in [0.05, 0.1) is 12.6 Å². The summed E-state index contributed by atoms with van der Waals surface area (Å²) >= 11 is 1.72. The van der Waals surface area contributed by atoms with Crippen LogP contribution in [0.25, 0.3) is 10.9 Å². The fourth-order valence-electron chi connectivity index (χ4n) is 3.46. The van der Waals surface area contributed by atoms with Crippen LogP contribution in [0.2, 0.25) is 0 Å². The molecule has 24 heavy (non-hydrogen) atoms. The van der Waals surface area contributed by atoms with E-state index in [1.165, 1.54) is 35.9 Å². The van der Waals surface area contributed by atoms with Crippen LogP contribution in [0.3, 0.4) is 0 Å². The Balaban J connectivity index is 1.81. The summed E-state index contributed by atoms with van der Waals surface area (Å²) in [5.41, 5.74) is 4.53. The van der Waals surface area contributed by atoms with Crippen LogP contribution in [-0.4, -0.2) is 40.7 Å². The highest BCUT2D eigenvalue weighted by molar-refractivity contribution is 7.98. The van der Waals surface area contributed by atoms with E-state index in [0.717, 1.165) is 30.5 Å². The smallest absolute Gasteiger partial charge is 0.251 e. The third kappa shape index (κ3) is 3.78. The molecule has 1 atom stereocenters. The third-order valence-corrected chi connectivity index (χ3v) is 5.48. The molecule has 0 saturated heterocycles. The Kier molecular flexibility index (Phi) is 5.85. The summed E-state index contributed by atoms with van der Waals surface area (Å²) in [6.07, 6.45) is 8.74. The van der Waals surface area contributed by atoms with E-state index in [2.05, 4.69) is 10.3 Å². The van der Waals surface area contributed by atoms with E-state index < -0.39 is 0 Å². The standard InChI is InChI=1S/C19H26N2O2S/c1-24-10-9-14(12-22)20-19(23)13-7-8-18-16(11-13)15-5-3-2-4-6-17(15)21-18/h7-8,11,14,21-22H,2-6,9-10,12H2,1H3,(H,20,23)/t14-/m0/s1. The number of aromatic nitrogens is 1. The van der Waals surface area contributed by atoms with Crippen LogP contribution in [0.4, 0.5) is 0 Å². The number of nitrogens with one attached hydrogen (secondary N) is 2. The average molecular weight is 346 g/mol. The molecule has 130 valence electrons. The van der Waals surface area contributed by atoms with Crippen LogP contribution in [0.5, 0.6) is 0 Å². The van der Waals surface area contributed by atoms with E-state index in [4.69, 9.17) is 0 Å². The van der Waals surface area contributed by atoms with Gasteiger partial charge in [0.25, 0.3) is 5.91 Å². The number of hydrogen-bond donors (Lipinski definition) is 3. The van der Waals surface area contributed by atoms with Gasteiger partial charge in [-0.05, 0) is 67.9 Å². The number of fused-ring (bicyclic) bond motifs is 3. The van der Waals surface area contributed by atoms with Crippen molar-refractivity contribution in [2.75, 3.05) is 18.6 Å². The molecular formula is C19H26N2O2S. The molecule has 1 aliphatic carbocycles. The Morgan fingerprint density at radius 2 is 2.17 bits per heavy atom. The molecule has 1 aromatic heterocycles. The fraction of sp³-hybridized carbons (Fsp3) is 0.526. The molecule has 0 bridgehead atoms. The number of aliphatic hydroxyl groups is 1. The third-order valence-electron chi connectivity index (χ3n) is 4.84. The molecule has 1 heterocycles. The van der Waals surface area contributed by atoms with Crippen molar-refractivity contribution >= 4 is 28.6 Å². The van der Waals surface area contributed by atoms with Crippen molar-refractivity contribution in [1.82, 2.24) is 10.3 Å². The number of aromatic amines is 1. The van der Waals surface area contributed by atoms with Crippen molar-refractivity contribution in [3.8, 4) is 0 Å². The Labute approximate surface area is 147 Å². The quantitative estimate of drug-likeness (QED) is 0.703. The van der Waals surface area contributed by atoms with Gasteiger partial charge in [-0.25, -0.2) is 0 Å². The van der Waals surface area contributed by atoms with Gasteiger partial charge in [0, 0.05) is 22.2 Å². The first kappa shape index (κ1) is 17.4. The van der Waals surface area contributed by atoms with Crippen LogP contribution in [-0.2, 0) is 12.8 Å². The minimum Gasteiger partial charge on any atom is -0.394 e. The molecule has 5 heteroatoms. The first-order valence-electron chi connectivity index (χ1n) is 8.77. The summed E-state index contributed by atoms with van der Waals surface area (Å²) in [6.45, 7) is -0.0197. The Morgan fingerprint density at radius 1 is 1.33 bits per heavy atom. The zero-order valence-corrected chi connectivity index (χ0v) is 15.0. The average Bonchev–Trinajstić information content (AvgIpc) is 2.78. The molecule has 3 rings (SSSR count). The van der Waals surface area contributed by atoms with E-state index >= 15 is 0 Å². The molecule has 0 spiro atoms. The minimum atomic E-state index is -0.177. The Bertz CT molecular complexity index is 711. The van der Waals surface area contributed by atoms with Crippen molar-refractivity contribution in [3.05, 3.63) is 35.0 Å². The first-order valence-corrected chi connectivity index (χ1v) is 10.2. The lowest BCUT2D eigenvalue weighted by molar-refractivity contribution is 0.0915. The molecular weight excluding hydrogens is 320 g/mol. The van der Waals surface area contributed by atoms with Crippen molar-refractivity contribution in [2.24, 2.45) is 0 Å². The van der Waals surface area contributed by atoms with Crippen LogP contribution in [0.15, 0.2) is 18.2 Å². The first-order chi connectivity index (χ1) is 11.7. The lowest BCUT2D eigenvalue weighted by Gasteiger charge is -2.15. The molecule has 0 fully saturated rings. The molecule has 0 aliphatic heterocycles. The van der Waals surface area contributed by atoms with Crippen LogP contribution in [0.1, 0.15) is 47.3 Å². The van der Waals surface area contributed by atoms with Gasteiger partial charge in [0.2, 0.25) is 0 Å². The molecule has 0 unspecified atom stereocenters. The maximum absolute atomic E-state index is 12.5. The van der Waals surface area contributed by atoms with Crippen LogP contribution < -0.4 is 5.32 Å². The highest BCUT2D eigenvalue weighted by Gasteiger charge is 2.17. The molecule has 1 aromatic carbocycles. The molecule has 0 saturated carbocycles. The highest BCUT2D eigenvalue weighted by Crippen LogP contribution is 2.29. The SMILES string of the molecule is CSCC[C@@H](CO)NC(=O)c1ccc2[nH]c3c(c2c1)CCCCC3. The van der Waals surface area contributed by atoms with Crippen LogP contribution >= 0.6 is 11.8 Å². The molecule has 1 amide bonds. The Morgan fingerprint density at radius 3 is 2.96 bits per heavy atom. The largest absolute Gasteiger partial charge is 0.394 e. The number of aliphatic hydroxyl groups excluding tert-OH is 1. The molecule has 2 aromatic rings. The van der Waals surface area contributed by atoms with Crippen molar-refractivity contribution in [3.63, 3.8) is 0 Å². The number of rotatable bonds is 6. The van der Waals surface area contributed by atoms with E-state index in [9.17, 15) is 9.90 Å². The summed E-state index contributed by atoms with van der Waals surface area (Å²) in [4.78, 5) is 16.1. The summed E-state index contributed by atoms with van der Waals surface area (Å²) < 4.78 is 0. The normalized spacial score (nSPS) is 15.8. The predicted octanol–water partition coefficient (Wildman–Crippen LogP) is 3.28. The number of carbonyl (C=O) groups excluding carboxylic acids is 1. The monoisotopic (exact) mass is 346 g/mol. The second kappa shape index (κ2) is 8.08. The van der Waals surface area contributed by atoms with E-state index in [0.29, 0.717) is 5.56 Å². The van der Waals surface area contributed by atoms with Crippen LogP contribution in [0, 0.1) is 0 Å². The van der Waals surface area contributed by atoms with Gasteiger partial charge in [-0.15, -0.1) is 0 Å². The second-order valence-corrected chi connectivity index (χ2v) is 7.52. The number of hydrogen-bond acceptors (Lipinski definition) is 3. The lowest BCUT2D eigenvalue weighted by atomic mass is 10.0. The lowest BCUT2D eigenvalue weighted by Crippen LogP contribution is -2.37. The highest BCUT2D eigenvalue weighted by atomic mass is 32.2. The zero-order chi connectivity index (χ0) is 16.9. The maximum Gasteiger partial charge on any atom is 0.251 e. The summed E-state index contributed by atoms with van der Waals surface area (Å²) in [5, 5.41) is 13.6. The number of amides is 1. The molecule has 4 nitrogen and oxygen atoms in total. The summed E-state index contributed by atoms with van der Waals surface area (Å²) in [6, 6.07) is 5.71. The van der Waals surface area contributed by atoms with Crippen molar-refractivity contribution < 1.29 is 9.90 Å². The topological polar surface area (TPSA) is 65.1 Å². The van der Waals surface area contributed by atoms with E-state index in [-0.39, 0.29) is 18.6 Å². The zero-order valence-electron chi connectivity index (χ0n) is 14.2. The number of thioether (sulfide) groups is 1. The summed E-state index contributed by atoms with van der Waals surface area (Å²) in [7, 11) is 0. The number of H-pyrrole nitrogens is 1. The van der Waals surface area contributed by atoms with Crippen molar-refractivity contribution in [2.45, 2.75) is 44.6 Å². The molecule has 3 N–H and O–H groups in total. The van der Waals surface area contributed by atoms with Gasteiger partial charge < -0.3 is 15.4 Å².